The van der Waals surface area contributed by atoms with Crippen LogP contribution in [0.15, 0.2) is 109 Å². The van der Waals surface area contributed by atoms with Crippen molar-refractivity contribution in [3.63, 3.8) is 0 Å². The number of carbonyl (C=O) groups excluding carboxylic acids is 2. The van der Waals surface area contributed by atoms with Crippen molar-refractivity contribution in [2.45, 2.75) is 151 Å². The number of nitrogens with two attached hydrogens (primary N) is 1. The Kier molecular flexibility index (Phi) is 21.8. The van der Waals surface area contributed by atoms with Crippen LogP contribution in [0, 0.1) is 22.7 Å². The van der Waals surface area contributed by atoms with E-state index < -0.39 is 29.8 Å². The van der Waals surface area contributed by atoms with Gasteiger partial charge in [-0.15, -0.1) is 22.7 Å². The Morgan fingerprint density at radius 3 is 1.26 bits per heavy atom. The van der Waals surface area contributed by atoms with Crippen LogP contribution < -0.4 is 27.4 Å². The summed E-state index contributed by atoms with van der Waals surface area (Å²) in [5.41, 5.74) is 10.9. The van der Waals surface area contributed by atoms with E-state index in [4.69, 9.17) is 70.4 Å². The number of ether oxygens (including phenoxy) is 2. The molecule has 3 fully saturated rings. The molecule has 5 heterocycles. The zero-order valence-corrected chi connectivity index (χ0v) is 49.2. The Hall–Kier alpha value is -6.40. The first-order valence-corrected chi connectivity index (χ1v) is 27.6. The van der Waals surface area contributed by atoms with Gasteiger partial charge in [0.1, 0.15) is 25.4 Å². The largest absolute Gasteiger partial charge is 0.494 e. The number of aliphatic hydroxyl groups is 1. The second-order valence-electron chi connectivity index (χ2n) is 22.0. The number of aromatic nitrogens is 2. The van der Waals surface area contributed by atoms with Gasteiger partial charge in [0.15, 0.2) is 10.0 Å². The monoisotopic (exact) mass is 1170 g/mol. The topological polar surface area (TPSA) is 240 Å². The van der Waals surface area contributed by atoms with Crippen LogP contribution >= 0.6 is 34.3 Å². The van der Waals surface area contributed by atoms with Gasteiger partial charge in [0, 0.05) is 23.0 Å². The Balaban J connectivity index is 0.000000210. The number of benzene rings is 5. The Morgan fingerprint density at radius 1 is 0.561 bits per heavy atom. The minimum atomic E-state index is -0.806. The normalized spacial score (nSPS) is 17.2. The molecule has 82 heavy (non-hydrogen) atoms. The highest BCUT2D eigenvalue weighted by Crippen LogP contribution is 2.39. The minimum absolute atomic E-state index is 0. The summed E-state index contributed by atoms with van der Waals surface area (Å²) in [4.78, 5) is 31.0. The van der Waals surface area contributed by atoms with E-state index in [-0.39, 0.29) is 71.3 Å². The average Bonchev–Trinajstić information content (AvgIpc) is 4.40. The zero-order chi connectivity index (χ0) is 58.4. The summed E-state index contributed by atoms with van der Waals surface area (Å²) in [6.07, 6.45) is -0.556. The van der Waals surface area contributed by atoms with Crippen molar-refractivity contribution in [2.24, 2.45) is 0 Å². The molecule has 17 nitrogen and oxygen atoms in total. The Morgan fingerprint density at radius 2 is 0.902 bits per heavy atom. The van der Waals surface area contributed by atoms with E-state index in [9.17, 15) is 9.59 Å². The van der Waals surface area contributed by atoms with Gasteiger partial charge in [-0.05, 0) is 153 Å². The predicted octanol–water partition coefficient (Wildman–Crippen LogP) is 11.6. The lowest BCUT2D eigenvalue weighted by atomic mass is 9.79. The molecule has 4 N–H and O–H groups in total. The molecule has 0 unspecified atom stereocenters. The van der Waals surface area contributed by atoms with Crippen molar-refractivity contribution < 1.29 is 52.1 Å². The lowest BCUT2D eigenvalue weighted by Gasteiger charge is -2.32. The van der Waals surface area contributed by atoms with Crippen LogP contribution in [-0.4, -0.2) is 81.6 Å². The molecule has 0 aliphatic carbocycles. The number of nitrogens with zero attached hydrogens (tertiary/aromatic N) is 4. The molecule has 3 aliphatic rings. The number of amides is 1. The standard InChI is InChI=1S/C22H22BN3O4S.C14H18BClO4.C13H19BO3.C8H5N3S.2CH4/c1-21(2)22(3,4)30-23(29-21)15-7-5-14(6-8-15)13-28-20(27)25-16-9-10-17-18(11-16)31-19(12-24)26-17;1-13(2)14(3,4)20-15(19-13)11-7-5-10(6-8-11)9-18-12(16)17;1-12(2)13(3,4)17-14(16-12)11-7-5-10(9-15)6-8-11;9-4-8-11-6-2-1-5(10)3-7(6)12-8;;/h5-11H,13H2,1-4H3,(H,25,27);5-8H,9H2,1-4H3;5-8,15H,9H2,1-4H3;1-3H,10H2;2*1H4. The van der Waals surface area contributed by atoms with Crippen molar-refractivity contribution >= 4 is 115 Å². The fraction of sp³-hybridized carbons (Fsp3) is 0.390. The van der Waals surface area contributed by atoms with Crippen molar-refractivity contribution in [1.82, 2.24) is 9.97 Å². The third-order valence-electron chi connectivity index (χ3n) is 14.7. The molecule has 0 saturated carbocycles. The van der Waals surface area contributed by atoms with E-state index in [1.165, 1.54) is 22.7 Å². The number of hydrogen-bond donors (Lipinski definition) is 3. The van der Waals surface area contributed by atoms with Crippen LogP contribution in [-0.2, 0) is 57.2 Å². The van der Waals surface area contributed by atoms with Crippen molar-refractivity contribution in [3.8, 4) is 12.1 Å². The van der Waals surface area contributed by atoms with Gasteiger partial charge in [0.05, 0.1) is 60.6 Å². The van der Waals surface area contributed by atoms with Gasteiger partial charge in [-0.2, -0.15) is 10.5 Å². The number of aliphatic hydroxyl groups excluding tert-OH is 1. The van der Waals surface area contributed by atoms with Gasteiger partial charge in [-0.25, -0.2) is 19.6 Å². The number of hydrogen-bond acceptors (Lipinski definition) is 18. The fourth-order valence-corrected chi connectivity index (χ4v) is 9.41. The quantitative estimate of drug-likeness (QED) is 0.0692. The molecule has 2 aromatic heterocycles. The molecule has 0 radical (unpaired) electrons. The number of anilines is 2. The summed E-state index contributed by atoms with van der Waals surface area (Å²) >= 11 is 7.76. The van der Waals surface area contributed by atoms with Crippen LogP contribution in [0.1, 0.15) is 125 Å². The summed E-state index contributed by atoms with van der Waals surface area (Å²) in [6, 6.07) is 37.5. The van der Waals surface area contributed by atoms with Crippen LogP contribution in [0.3, 0.4) is 0 Å². The van der Waals surface area contributed by atoms with Gasteiger partial charge in [-0.1, -0.05) is 87.6 Å². The van der Waals surface area contributed by atoms with Crippen molar-refractivity contribution in [1.29, 1.82) is 10.5 Å². The molecule has 3 saturated heterocycles. The Labute approximate surface area is 495 Å². The van der Waals surface area contributed by atoms with E-state index >= 15 is 0 Å². The van der Waals surface area contributed by atoms with Gasteiger partial charge in [-0.3, -0.25) is 5.32 Å². The summed E-state index contributed by atoms with van der Waals surface area (Å²) in [6.45, 7) is 24.6. The van der Waals surface area contributed by atoms with Gasteiger partial charge in [0.2, 0.25) is 0 Å². The molecule has 0 atom stereocenters. The number of nitrogens with one attached hydrogen (secondary N) is 1. The second-order valence-corrected chi connectivity index (χ2v) is 24.4. The molecule has 23 heteroatoms. The van der Waals surface area contributed by atoms with E-state index in [1.54, 1.807) is 24.3 Å². The van der Waals surface area contributed by atoms with Crippen molar-refractivity contribution in [3.05, 3.63) is 136 Å². The van der Waals surface area contributed by atoms with Crippen LogP contribution in [0.25, 0.3) is 20.4 Å². The third kappa shape index (κ3) is 16.2. The van der Waals surface area contributed by atoms with E-state index in [1.807, 2.05) is 180 Å². The fourth-order valence-electron chi connectivity index (χ4n) is 7.74. The number of nitrogen functional groups attached to an aromatic ring is 1. The molecular formula is C59H72B3ClN6O11S2. The molecule has 432 valence electrons. The van der Waals surface area contributed by atoms with Gasteiger partial charge >= 0.3 is 32.9 Å². The number of fused-ring (bicyclic) bond motifs is 2. The molecule has 1 amide bonds. The predicted molar refractivity (Wildman–Crippen MR) is 329 cm³/mol. The van der Waals surface area contributed by atoms with E-state index in [2.05, 4.69) is 15.3 Å². The number of nitriles is 2. The average molecular weight is 1170 g/mol. The van der Waals surface area contributed by atoms with Crippen LogP contribution in [0.4, 0.5) is 21.0 Å². The number of rotatable bonds is 9. The van der Waals surface area contributed by atoms with Gasteiger partial charge in [0.25, 0.3) is 0 Å². The van der Waals surface area contributed by atoms with Crippen molar-refractivity contribution in [2.75, 3.05) is 11.1 Å². The lowest BCUT2D eigenvalue weighted by molar-refractivity contribution is 0.00578. The smallest absolute Gasteiger partial charge is 0.449 e. The lowest BCUT2D eigenvalue weighted by Crippen LogP contribution is -2.41. The number of carbonyl (C=O) groups is 2. The van der Waals surface area contributed by atoms with E-state index in [0.717, 1.165) is 53.5 Å². The van der Waals surface area contributed by atoms with Crippen LogP contribution in [0.2, 0.25) is 0 Å². The summed E-state index contributed by atoms with van der Waals surface area (Å²) < 4.78 is 47.7. The SMILES string of the molecule is C.C.CC1(C)OB(c2ccc(CO)cc2)OC1(C)C.CC1(C)OB(c2ccc(COC(=O)Cl)cc2)OC1(C)C.CC1(C)OB(c2ccc(COC(=O)Nc3ccc4nc(C#N)sc4c3)cc2)OC1(C)C.N#Cc1nc2ccc(N)cc2s1. The number of thiazole rings is 2. The third-order valence-corrected chi connectivity index (χ3v) is 16.6. The number of halogens is 1. The molecule has 0 bridgehead atoms. The maximum atomic E-state index is 12.2. The summed E-state index contributed by atoms with van der Waals surface area (Å²) in [5, 5.41) is 30.1. The molecule has 0 spiro atoms. The highest BCUT2D eigenvalue weighted by atomic mass is 35.5. The first kappa shape index (κ1) is 66.4. The maximum absolute atomic E-state index is 12.2. The summed E-state index contributed by atoms with van der Waals surface area (Å²) in [5.74, 6) is 0. The molecule has 5 aromatic carbocycles. The molecule has 7 aromatic rings. The highest BCUT2D eigenvalue weighted by molar-refractivity contribution is 7.19. The summed E-state index contributed by atoms with van der Waals surface area (Å²) in [7, 11) is -1.14. The van der Waals surface area contributed by atoms with Gasteiger partial charge < -0.3 is 48.2 Å². The maximum Gasteiger partial charge on any atom is 0.494 e. The van der Waals surface area contributed by atoms with E-state index in [0.29, 0.717) is 21.4 Å². The molecule has 3 aliphatic heterocycles. The first-order chi connectivity index (χ1) is 37.5. The zero-order valence-electron chi connectivity index (χ0n) is 46.8. The van der Waals surface area contributed by atoms with Crippen LogP contribution in [0.5, 0.6) is 0 Å². The highest BCUT2D eigenvalue weighted by Gasteiger charge is 2.53. The second kappa shape index (κ2) is 26.9. The Bertz CT molecular complexity index is 3350. The molecule has 10 rings (SSSR count). The first-order valence-electron chi connectivity index (χ1n) is 25.6. The minimum Gasteiger partial charge on any atom is -0.449 e. The molecular weight excluding hydrogens is 1100 g/mol.